The maximum Gasteiger partial charge on any atom is 0.265 e. The van der Waals surface area contributed by atoms with Gasteiger partial charge in [-0.05, 0) is 6.07 Å². The summed E-state index contributed by atoms with van der Waals surface area (Å²) in [5, 5.41) is 7.33. The van der Waals surface area contributed by atoms with Gasteiger partial charge < -0.3 is 4.74 Å². The van der Waals surface area contributed by atoms with Crippen LogP contribution in [0.2, 0.25) is 0 Å². The van der Waals surface area contributed by atoms with Crippen LogP contribution in [0, 0.1) is 5.41 Å². The Balaban J connectivity index is 2.59. The van der Waals surface area contributed by atoms with Crippen LogP contribution in [-0.2, 0) is 11.3 Å². The van der Waals surface area contributed by atoms with E-state index in [1.54, 1.807) is 0 Å². The number of nitrogens with one attached hydrogen (secondary N) is 1. The molecule has 0 saturated heterocycles. The van der Waals surface area contributed by atoms with Gasteiger partial charge in [0.1, 0.15) is 6.61 Å². The largest absolute Gasteiger partial charge is 0.473 e. The van der Waals surface area contributed by atoms with Crippen molar-refractivity contribution in [3.8, 4) is 0 Å². The normalized spacial score (nSPS) is 11.2. The zero-order chi connectivity index (χ0) is 11.5. The molecule has 82 valence electrons. The van der Waals surface area contributed by atoms with Gasteiger partial charge >= 0.3 is 0 Å². The maximum atomic E-state index is 7.33. The molecule has 0 aliphatic rings. The van der Waals surface area contributed by atoms with Crippen LogP contribution in [0.4, 0.5) is 0 Å². The lowest BCUT2D eigenvalue weighted by Gasteiger charge is -2.14. The highest BCUT2D eigenvalue weighted by Crippen LogP contribution is 2.28. The number of halogens is 4. The van der Waals surface area contributed by atoms with Gasteiger partial charge in [0, 0.05) is 10.0 Å². The molecule has 6 heteroatoms. The highest BCUT2D eigenvalue weighted by atomic mass is 79.9. The molecule has 1 rings (SSSR count). The van der Waals surface area contributed by atoms with Crippen LogP contribution in [0.1, 0.15) is 5.56 Å². The van der Waals surface area contributed by atoms with Crippen molar-refractivity contribution in [1.82, 2.24) is 0 Å². The van der Waals surface area contributed by atoms with Crippen LogP contribution < -0.4 is 0 Å². The molecule has 0 saturated carbocycles. The number of benzene rings is 1. The highest BCUT2D eigenvalue weighted by Gasteiger charge is 2.28. The van der Waals surface area contributed by atoms with E-state index in [0.717, 1.165) is 10.0 Å². The van der Waals surface area contributed by atoms with Gasteiger partial charge in [-0.15, -0.1) is 0 Å². The van der Waals surface area contributed by atoms with Crippen molar-refractivity contribution >= 4 is 56.6 Å². The topological polar surface area (TPSA) is 33.1 Å². The Bertz CT molecular complexity index is 365. The smallest absolute Gasteiger partial charge is 0.265 e. The predicted octanol–water partition coefficient (Wildman–Crippen LogP) is 4.31. The highest BCUT2D eigenvalue weighted by molar-refractivity contribution is 9.10. The molecular weight excluding hydrogens is 324 g/mol. The summed E-state index contributed by atoms with van der Waals surface area (Å²) in [4.78, 5) is 0. The van der Waals surface area contributed by atoms with Gasteiger partial charge in [0.05, 0.1) is 0 Å². The monoisotopic (exact) mass is 329 g/mol. The molecule has 0 fully saturated rings. The molecule has 0 atom stereocenters. The van der Waals surface area contributed by atoms with Gasteiger partial charge in [0.2, 0.25) is 5.90 Å². The zero-order valence-corrected chi connectivity index (χ0v) is 11.3. The van der Waals surface area contributed by atoms with E-state index < -0.39 is 3.79 Å². The average Bonchev–Trinajstić information content (AvgIpc) is 2.14. The summed E-state index contributed by atoms with van der Waals surface area (Å²) in [7, 11) is 0. The molecule has 1 aromatic rings. The van der Waals surface area contributed by atoms with Crippen LogP contribution in [0.15, 0.2) is 28.7 Å². The zero-order valence-electron chi connectivity index (χ0n) is 7.44. The Hall–Kier alpha value is 0.0400. The van der Waals surface area contributed by atoms with Crippen molar-refractivity contribution in [2.24, 2.45) is 0 Å². The quantitative estimate of drug-likeness (QED) is 0.489. The first-order chi connectivity index (χ1) is 6.91. The maximum absolute atomic E-state index is 7.33. The van der Waals surface area contributed by atoms with E-state index in [1.807, 2.05) is 24.3 Å². The summed E-state index contributed by atoms with van der Waals surface area (Å²) in [6.07, 6.45) is 0. The van der Waals surface area contributed by atoms with Gasteiger partial charge in [-0.3, -0.25) is 5.41 Å². The Morgan fingerprint density at radius 1 is 1.33 bits per heavy atom. The number of hydrogen-bond donors (Lipinski definition) is 1. The summed E-state index contributed by atoms with van der Waals surface area (Å²) >= 11 is 19.7. The second-order valence-corrected chi connectivity index (χ2v) is 5.84. The minimum Gasteiger partial charge on any atom is -0.473 e. The van der Waals surface area contributed by atoms with Crippen molar-refractivity contribution in [3.05, 3.63) is 34.3 Å². The van der Waals surface area contributed by atoms with E-state index in [0.29, 0.717) is 0 Å². The van der Waals surface area contributed by atoms with E-state index in [4.69, 9.17) is 44.9 Å². The summed E-state index contributed by atoms with van der Waals surface area (Å²) in [6, 6.07) is 7.48. The fourth-order valence-corrected chi connectivity index (χ4v) is 1.41. The third-order valence-electron chi connectivity index (χ3n) is 1.59. The summed E-state index contributed by atoms with van der Waals surface area (Å²) in [5.74, 6) is -0.386. The number of hydrogen-bond acceptors (Lipinski definition) is 2. The molecule has 0 aliphatic heterocycles. The first-order valence-corrected chi connectivity index (χ1v) is 5.86. The molecule has 1 N–H and O–H groups in total. The molecule has 0 unspecified atom stereocenters. The minimum absolute atomic E-state index is 0.189. The van der Waals surface area contributed by atoms with Crippen molar-refractivity contribution in [2.45, 2.75) is 10.4 Å². The molecule has 0 heterocycles. The van der Waals surface area contributed by atoms with Crippen molar-refractivity contribution < 1.29 is 4.74 Å². The number of ether oxygens (including phenoxy) is 1. The lowest BCUT2D eigenvalue weighted by molar-refractivity contribution is 0.283. The molecular formula is C9H7BrCl3NO. The molecule has 0 aliphatic carbocycles. The lowest BCUT2D eigenvalue weighted by atomic mass is 10.2. The predicted molar refractivity (Wildman–Crippen MR) is 66.9 cm³/mol. The second kappa shape index (κ2) is 5.39. The van der Waals surface area contributed by atoms with Crippen LogP contribution in [0.5, 0.6) is 0 Å². The number of rotatable bonds is 2. The van der Waals surface area contributed by atoms with Crippen molar-refractivity contribution in [3.63, 3.8) is 0 Å². The molecule has 1 aromatic carbocycles. The Morgan fingerprint density at radius 2 is 1.93 bits per heavy atom. The Labute approximate surface area is 111 Å². The molecule has 0 bridgehead atoms. The molecule has 0 radical (unpaired) electrons. The second-order valence-electron chi connectivity index (χ2n) is 2.71. The number of alkyl halides is 3. The van der Waals surface area contributed by atoms with Gasteiger partial charge in [0.15, 0.2) is 0 Å². The summed E-state index contributed by atoms with van der Waals surface area (Å²) in [6.45, 7) is 0.189. The fourth-order valence-electron chi connectivity index (χ4n) is 0.847. The van der Waals surface area contributed by atoms with Gasteiger partial charge in [-0.2, -0.15) is 0 Å². The molecule has 0 spiro atoms. The van der Waals surface area contributed by atoms with Crippen LogP contribution in [0.3, 0.4) is 0 Å². The first-order valence-electron chi connectivity index (χ1n) is 3.93. The van der Waals surface area contributed by atoms with Crippen molar-refractivity contribution in [1.29, 1.82) is 5.41 Å². The lowest BCUT2D eigenvalue weighted by Crippen LogP contribution is -2.20. The van der Waals surface area contributed by atoms with Gasteiger partial charge in [-0.1, -0.05) is 68.9 Å². The van der Waals surface area contributed by atoms with Crippen molar-refractivity contribution in [2.75, 3.05) is 0 Å². The third-order valence-corrected chi connectivity index (χ3v) is 2.88. The van der Waals surface area contributed by atoms with Crippen LogP contribution in [0.25, 0.3) is 0 Å². The van der Waals surface area contributed by atoms with E-state index in [9.17, 15) is 0 Å². The SMILES string of the molecule is N=C(OCc1ccccc1Br)C(Cl)(Cl)Cl. The van der Waals surface area contributed by atoms with E-state index in [1.165, 1.54) is 0 Å². The molecule has 15 heavy (non-hydrogen) atoms. The Morgan fingerprint density at radius 3 is 2.47 bits per heavy atom. The van der Waals surface area contributed by atoms with Crippen LogP contribution in [-0.4, -0.2) is 9.69 Å². The molecule has 2 nitrogen and oxygen atoms in total. The molecule has 0 amide bonds. The minimum atomic E-state index is -1.80. The average molecular weight is 331 g/mol. The fraction of sp³-hybridized carbons (Fsp3) is 0.222. The standard InChI is InChI=1S/C9H7BrCl3NO/c10-7-4-2-1-3-6(7)5-15-8(14)9(11,12)13/h1-4,14H,5H2. The third kappa shape index (κ3) is 4.19. The van der Waals surface area contributed by atoms with E-state index in [-0.39, 0.29) is 12.5 Å². The van der Waals surface area contributed by atoms with Gasteiger partial charge in [-0.25, -0.2) is 0 Å². The summed E-state index contributed by atoms with van der Waals surface area (Å²) in [5.41, 5.74) is 0.886. The first kappa shape index (κ1) is 13.1. The van der Waals surface area contributed by atoms with E-state index >= 15 is 0 Å². The molecule has 0 aromatic heterocycles. The van der Waals surface area contributed by atoms with Gasteiger partial charge in [0.25, 0.3) is 3.79 Å². The van der Waals surface area contributed by atoms with E-state index in [2.05, 4.69) is 15.9 Å². The summed E-state index contributed by atoms with van der Waals surface area (Å²) < 4.78 is 4.12. The van der Waals surface area contributed by atoms with Crippen LogP contribution >= 0.6 is 50.7 Å². The Kier molecular flexibility index (Phi) is 4.71.